The summed E-state index contributed by atoms with van der Waals surface area (Å²) in [6.07, 6.45) is 2.77. The Morgan fingerprint density at radius 3 is 1.53 bits per heavy atom. The Balaban J connectivity index is 0.000000226. The monoisotopic (exact) mass is 411 g/mol. The molecular formula is C26H31F2NO. The number of halogens is 2. The highest BCUT2D eigenvalue weighted by Crippen LogP contribution is 2.21. The number of hydrogen-bond acceptors (Lipinski definition) is 1. The van der Waals surface area contributed by atoms with E-state index in [4.69, 9.17) is 0 Å². The highest BCUT2D eigenvalue weighted by molar-refractivity contribution is 5.99. The molecule has 4 heteroatoms. The van der Waals surface area contributed by atoms with Crippen LogP contribution in [0.4, 0.5) is 14.5 Å². The Hall–Kier alpha value is -3.01. The average Bonchev–Trinajstić information content (AvgIpc) is 2.79. The van der Waals surface area contributed by atoms with E-state index in [1.807, 2.05) is 62.4 Å². The fraction of sp³-hybridized carbons (Fsp3) is 0.269. The lowest BCUT2D eigenvalue weighted by atomic mass is 10.1. The van der Waals surface area contributed by atoms with E-state index in [-0.39, 0.29) is 17.5 Å². The molecule has 0 radical (unpaired) electrons. The van der Waals surface area contributed by atoms with Gasteiger partial charge in [-0.2, -0.15) is 0 Å². The Kier molecular flexibility index (Phi) is 12.4. The zero-order valence-electron chi connectivity index (χ0n) is 18.0. The molecule has 160 valence electrons. The molecule has 0 aliphatic carbocycles. The van der Waals surface area contributed by atoms with Crippen LogP contribution in [-0.4, -0.2) is 12.5 Å². The van der Waals surface area contributed by atoms with Crippen LogP contribution in [0, 0.1) is 11.6 Å². The highest BCUT2D eigenvalue weighted by atomic mass is 19.1. The summed E-state index contributed by atoms with van der Waals surface area (Å²) in [7, 11) is 0. The largest absolute Gasteiger partial charge is 0.312 e. The van der Waals surface area contributed by atoms with E-state index in [9.17, 15) is 13.6 Å². The maximum absolute atomic E-state index is 12.5. The Labute approximate surface area is 179 Å². The summed E-state index contributed by atoms with van der Waals surface area (Å²) in [6.45, 7) is 6.87. The first-order valence-corrected chi connectivity index (χ1v) is 10.4. The summed E-state index contributed by atoms with van der Waals surface area (Å²) in [5, 5.41) is 0. The maximum atomic E-state index is 12.5. The minimum atomic E-state index is -0.272. The Morgan fingerprint density at radius 2 is 1.20 bits per heavy atom. The molecule has 0 N–H and O–H groups in total. The van der Waals surface area contributed by atoms with Crippen LogP contribution in [0.1, 0.15) is 39.2 Å². The topological polar surface area (TPSA) is 20.3 Å². The van der Waals surface area contributed by atoms with Crippen LogP contribution in [0.2, 0.25) is 0 Å². The molecule has 1 fully saturated rings. The Morgan fingerprint density at radius 1 is 0.767 bits per heavy atom. The molecule has 0 aromatic heterocycles. The second kappa shape index (κ2) is 14.9. The molecule has 0 bridgehead atoms. The number of aryl methyl sites for hydroxylation is 1. The molecule has 1 heterocycles. The molecule has 1 saturated heterocycles. The number of hydrogen-bond donors (Lipinski definition) is 0. The van der Waals surface area contributed by atoms with E-state index in [1.165, 1.54) is 29.8 Å². The third-order valence-electron chi connectivity index (χ3n) is 4.11. The minimum Gasteiger partial charge on any atom is -0.312 e. The van der Waals surface area contributed by atoms with Crippen LogP contribution in [0.5, 0.6) is 0 Å². The van der Waals surface area contributed by atoms with Crippen LogP contribution in [0.3, 0.4) is 0 Å². The first kappa shape index (κ1) is 25.0. The van der Waals surface area contributed by atoms with Gasteiger partial charge in [0.1, 0.15) is 11.6 Å². The molecule has 0 atom stereocenters. The van der Waals surface area contributed by atoms with Gasteiger partial charge in [-0.25, -0.2) is 8.78 Å². The summed E-state index contributed by atoms with van der Waals surface area (Å²) >= 11 is 0. The lowest BCUT2D eigenvalue weighted by molar-refractivity contribution is -0.122. The standard InChI is InChI=1S/C9H8FNO.C9H11F.C6H6.C2H6/c10-7-1-3-8(4-2-7)11-6-5-9(11)12;1-2-3-8-4-6-9(10)7-5-8;1-2-4-6-5-3-1;1-2/h1-4H,5-6H2;4-7H,2-3H2,1H3;1-6H;1-2H3. The molecule has 3 aromatic rings. The predicted octanol–water partition coefficient (Wildman–Crippen LogP) is 7.05. The van der Waals surface area contributed by atoms with Crippen molar-refractivity contribution in [2.75, 3.05) is 11.4 Å². The SMILES string of the molecule is CC.CCCc1ccc(F)cc1.O=C1CCN1c1ccc(F)cc1.c1ccccc1. The van der Waals surface area contributed by atoms with Crippen molar-refractivity contribution >= 4 is 11.6 Å². The van der Waals surface area contributed by atoms with Crippen molar-refractivity contribution in [3.63, 3.8) is 0 Å². The van der Waals surface area contributed by atoms with Gasteiger partial charge in [-0.05, 0) is 48.4 Å². The number of β-lactam (4-membered cyclic amide) rings is 1. The summed E-state index contributed by atoms with van der Waals surface area (Å²) in [5.41, 5.74) is 2.00. The van der Waals surface area contributed by atoms with Gasteiger partial charge in [-0.3, -0.25) is 4.79 Å². The molecule has 4 rings (SSSR count). The fourth-order valence-corrected chi connectivity index (χ4v) is 2.53. The van der Waals surface area contributed by atoms with E-state index in [0.29, 0.717) is 6.42 Å². The number of carbonyl (C=O) groups excluding carboxylic acids is 1. The van der Waals surface area contributed by atoms with E-state index in [2.05, 4.69) is 6.92 Å². The van der Waals surface area contributed by atoms with Gasteiger partial charge in [0, 0.05) is 18.7 Å². The summed E-state index contributed by atoms with van der Waals surface area (Å²) in [5.74, 6) is -0.312. The van der Waals surface area contributed by atoms with Crippen LogP contribution in [0.25, 0.3) is 0 Å². The van der Waals surface area contributed by atoms with Gasteiger partial charge in [0.15, 0.2) is 0 Å². The average molecular weight is 412 g/mol. The van der Waals surface area contributed by atoms with E-state index < -0.39 is 0 Å². The first-order chi connectivity index (χ1) is 14.6. The molecule has 0 saturated carbocycles. The number of nitrogens with zero attached hydrogens (tertiary/aromatic N) is 1. The van der Waals surface area contributed by atoms with Crippen molar-refractivity contribution in [3.05, 3.63) is 102 Å². The van der Waals surface area contributed by atoms with Gasteiger partial charge in [-0.1, -0.05) is 75.7 Å². The molecule has 1 amide bonds. The highest BCUT2D eigenvalue weighted by Gasteiger charge is 2.24. The van der Waals surface area contributed by atoms with E-state index in [1.54, 1.807) is 17.0 Å². The van der Waals surface area contributed by atoms with Gasteiger partial charge in [0.25, 0.3) is 0 Å². The smallest absolute Gasteiger partial charge is 0.228 e. The molecular weight excluding hydrogens is 380 g/mol. The number of benzene rings is 3. The molecule has 1 aliphatic rings. The van der Waals surface area contributed by atoms with Crippen molar-refractivity contribution < 1.29 is 13.6 Å². The van der Waals surface area contributed by atoms with E-state index >= 15 is 0 Å². The zero-order chi connectivity index (χ0) is 22.2. The lowest BCUT2D eigenvalue weighted by Gasteiger charge is -2.30. The summed E-state index contributed by atoms with van der Waals surface area (Å²) in [6, 6.07) is 24.6. The molecule has 0 spiro atoms. The summed E-state index contributed by atoms with van der Waals surface area (Å²) in [4.78, 5) is 12.6. The second-order valence-electron chi connectivity index (χ2n) is 6.30. The molecule has 3 aromatic carbocycles. The Bertz CT molecular complexity index is 791. The third kappa shape index (κ3) is 9.46. The molecule has 2 nitrogen and oxygen atoms in total. The molecule has 1 aliphatic heterocycles. The van der Waals surface area contributed by atoms with Crippen LogP contribution in [0.15, 0.2) is 84.9 Å². The van der Waals surface area contributed by atoms with Crippen molar-refractivity contribution in [2.24, 2.45) is 0 Å². The van der Waals surface area contributed by atoms with Gasteiger partial charge >= 0.3 is 0 Å². The van der Waals surface area contributed by atoms with Crippen molar-refractivity contribution in [1.29, 1.82) is 0 Å². The third-order valence-corrected chi connectivity index (χ3v) is 4.11. The number of amides is 1. The molecule has 0 unspecified atom stereocenters. The van der Waals surface area contributed by atoms with Crippen LogP contribution in [-0.2, 0) is 11.2 Å². The van der Waals surface area contributed by atoms with Gasteiger partial charge in [0.05, 0.1) is 0 Å². The van der Waals surface area contributed by atoms with Gasteiger partial charge in [0.2, 0.25) is 5.91 Å². The normalized spacial score (nSPS) is 11.5. The second-order valence-corrected chi connectivity index (χ2v) is 6.30. The number of carbonyl (C=O) groups is 1. The van der Waals surface area contributed by atoms with Crippen LogP contribution >= 0.6 is 0 Å². The maximum Gasteiger partial charge on any atom is 0.228 e. The fourth-order valence-electron chi connectivity index (χ4n) is 2.53. The molecule has 30 heavy (non-hydrogen) atoms. The van der Waals surface area contributed by atoms with Crippen LogP contribution < -0.4 is 4.90 Å². The predicted molar refractivity (Wildman–Crippen MR) is 122 cm³/mol. The minimum absolute atomic E-state index is 0.113. The number of anilines is 1. The summed E-state index contributed by atoms with van der Waals surface area (Å²) < 4.78 is 24.8. The van der Waals surface area contributed by atoms with Gasteiger partial charge in [-0.15, -0.1) is 0 Å². The zero-order valence-corrected chi connectivity index (χ0v) is 18.0. The number of rotatable bonds is 3. The van der Waals surface area contributed by atoms with Crippen molar-refractivity contribution in [2.45, 2.75) is 40.0 Å². The van der Waals surface area contributed by atoms with Gasteiger partial charge < -0.3 is 4.90 Å². The quantitative estimate of drug-likeness (QED) is 0.423. The first-order valence-electron chi connectivity index (χ1n) is 10.4. The van der Waals surface area contributed by atoms with E-state index in [0.717, 1.165) is 25.1 Å². The lowest BCUT2D eigenvalue weighted by Crippen LogP contribution is -2.43. The van der Waals surface area contributed by atoms with Crippen molar-refractivity contribution in [1.82, 2.24) is 0 Å². The van der Waals surface area contributed by atoms with Crippen molar-refractivity contribution in [3.8, 4) is 0 Å².